The average Bonchev–Trinajstić information content (AvgIpc) is 2.53. The van der Waals surface area contributed by atoms with Gasteiger partial charge in [0.05, 0.1) is 13.3 Å². The van der Waals surface area contributed by atoms with Crippen molar-refractivity contribution in [1.29, 1.82) is 0 Å². The van der Waals surface area contributed by atoms with Gasteiger partial charge in [0, 0.05) is 21.1 Å². The van der Waals surface area contributed by atoms with Gasteiger partial charge < -0.3 is 14.9 Å². The molecule has 0 aliphatic rings. The minimum absolute atomic E-state index is 0.0819. The summed E-state index contributed by atoms with van der Waals surface area (Å²) in [4.78, 5) is 0. The number of rotatable bonds is 6. The topological polar surface area (TPSA) is 42.8 Å². The van der Waals surface area contributed by atoms with Gasteiger partial charge in [-0.25, -0.2) is 0 Å². The van der Waals surface area contributed by atoms with Gasteiger partial charge in [0.15, 0.2) is 11.5 Å². The first kappa shape index (κ1) is 19.4. The highest BCUT2D eigenvalue weighted by Gasteiger charge is 2.09. The van der Waals surface area contributed by atoms with Crippen molar-refractivity contribution in [2.75, 3.05) is 7.11 Å². The van der Waals surface area contributed by atoms with E-state index in [9.17, 15) is 0 Å². The van der Waals surface area contributed by atoms with Crippen molar-refractivity contribution in [3.05, 3.63) is 57.6 Å². The summed E-state index contributed by atoms with van der Waals surface area (Å²) in [7, 11) is 1.60. The third-order valence-corrected chi connectivity index (χ3v) is 3.79. The summed E-state index contributed by atoms with van der Waals surface area (Å²) < 4.78 is 11.2. The molecule has 0 saturated heterocycles. The van der Waals surface area contributed by atoms with E-state index in [4.69, 9.17) is 32.7 Å². The molecule has 134 valence electrons. The summed E-state index contributed by atoms with van der Waals surface area (Å²) in [6, 6.07) is 10.9. The van der Waals surface area contributed by atoms with Crippen molar-refractivity contribution >= 4 is 29.4 Å². The van der Waals surface area contributed by atoms with Gasteiger partial charge in [-0.15, -0.1) is 0 Å². The van der Waals surface area contributed by atoms with Crippen LogP contribution < -0.4 is 14.9 Å². The first-order chi connectivity index (χ1) is 11.8. The number of hydrogen-bond acceptors (Lipinski definition) is 4. The van der Waals surface area contributed by atoms with Crippen LogP contribution in [0.15, 0.2) is 41.5 Å². The maximum Gasteiger partial charge on any atom is 0.161 e. The highest BCUT2D eigenvalue weighted by atomic mass is 35.5. The summed E-state index contributed by atoms with van der Waals surface area (Å²) >= 11 is 12.1. The fourth-order valence-electron chi connectivity index (χ4n) is 1.98. The minimum atomic E-state index is -0.0819. The number of halogens is 2. The van der Waals surface area contributed by atoms with Crippen LogP contribution >= 0.6 is 23.2 Å². The van der Waals surface area contributed by atoms with Crippen molar-refractivity contribution in [2.45, 2.75) is 32.9 Å². The Morgan fingerprint density at radius 3 is 2.48 bits per heavy atom. The molecule has 2 rings (SSSR count). The molecule has 0 spiro atoms. The summed E-state index contributed by atoms with van der Waals surface area (Å²) in [6.07, 6.45) is 1.74. The van der Waals surface area contributed by atoms with Crippen molar-refractivity contribution in [1.82, 2.24) is 5.43 Å². The zero-order valence-corrected chi connectivity index (χ0v) is 16.3. The lowest BCUT2D eigenvalue weighted by Gasteiger charge is -2.17. The molecule has 0 saturated carbocycles. The van der Waals surface area contributed by atoms with Crippen LogP contribution in [0.1, 0.15) is 31.9 Å². The fourth-order valence-corrected chi connectivity index (χ4v) is 2.44. The Morgan fingerprint density at radius 2 is 1.84 bits per heavy atom. The Hall–Kier alpha value is -1.91. The predicted molar refractivity (Wildman–Crippen MR) is 104 cm³/mol. The van der Waals surface area contributed by atoms with Gasteiger partial charge in [0.2, 0.25) is 0 Å². The number of nitrogens with zero attached hydrogens (tertiary/aromatic N) is 1. The maximum atomic E-state index is 6.17. The number of methoxy groups -OCH3 is 1. The summed E-state index contributed by atoms with van der Waals surface area (Å²) in [5, 5.41) is 5.40. The first-order valence-corrected chi connectivity index (χ1v) is 8.59. The highest BCUT2D eigenvalue weighted by Crippen LogP contribution is 2.29. The predicted octanol–water partition coefficient (Wildman–Crippen LogP) is 5.30. The lowest BCUT2D eigenvalue weighted by atomic mass is 10.1. The van der Waals surface area contributed by atoms with Crippen LogP contribution in [0.2, 0.25) is 10.0 Å². The lowest BCUT2D eigenvalue weighted by molar-refractivity contribution is 0.284. The molecule has 1 N–H and O–H groups in total. The number of ether oxygens (including phenoxy) is 2. The highest BCUT2D eigenvalue weighted by molar-refractivity contribution is 6.35. The molecule has 0 atom stereocenters. The van der Waals surface area contributed by atoms with E-state index in [0.717, 1.165) is 11.1 Å². The molecule has 2 aromatic rings. The molecule has 6 heteroatoms. The molecule has 0 unspecified atom stereocenters. The SMILES string of the molecule is COc1cc(/C=N/NC(C)(C)C)ccc1OCc1ccc(Cl)cc1Cl. The number of hydrogen-bond donors (Lipinski definition) is 1. The van der Waals surface area contributed by atoms with Crippen LogP contribution in [0, 0.1) is 0 Å². The van der Waals surface area contributed by atoms with Crippen molar-refractivity contribution in [3.63, 3.8) is 0 Å². The van der Waals surface area contributed by atoms with Gasteiger partial charge in [0.25, 0.3) is 0 Å². The quantitative estimate of drug-likeness (QED) is 0.545. The molecule has 0 heterocycles. The van der Waals surface area contributed by atoms with E-state index in [2.05, 4.69) is 10.5 Å². The molecule has 4 nitrogen and oxygen atoms in total. The molecule has 0 aliphatic carbocycles. The number of benzene rings is 2. The van der Waals surface area contributed by atoms with Crippen molar-refractivity contribution in [2.24, 2.45) is 5.10 Å². The number of hydrazone groups is 1. The summed E-state index contributed by atoms with van der Waals surface area (Å²) in [5.41, 5.74) is 4.73. The molecule has 0 fully saturated rings. The molecule has 0 aliphatic heterocycles. The lowest BCUT2D eigenvalue weighted by Crippen LogP contribution is -2.31. The van der Waals surface area contributed by atoms with Crippen LogP contribution in [-0.2, 0) is 6.61 Å². The Bertz CT molecular complexity index is 756. The van der Waals surface area contributed by atoms with Crippen LogP contribution in [0.5, 0.6) is 11.5 Å². The average molecular weight is 381 g/mol. The molecule has 25 heavy (non-hydrogen) atoms. The molecule has 0 aromatic heterocycles. The zero-order valence-electron chi connectivity index (χ0n) is 14.8. The van der Waals surface area contributed by atoms with E-state index in [1.54, 1.807) is 25.5 Å². The second-order valence-electron chi connectivity index (χ2n) is 6.55. The standard InChI is InChI=1S/C19H22Cl2N2O2/c1-19(2,3)23-22-11-13-5-8-17(18(9-13)24-4)25-12-14-6-7-15(20)10-16(14)21/h5-11,23H,12H2,1-4H3/b22-11+. The molecule has 0 bridgehead atoms. The van der Waals surface area contributed by atoms with Gasteiger partial charge >= 0.3 is 0 Å². The van der Waals surface area contributed by atoms with E-state index in [1.807, 2.05) is 45.0 Å². The zero-order chi connectivity index (χ0) is 18.4. The second kappa shape index (κ2) is 8.45. The monoisotopic (exact) mass is 380 g/mol. The van der Waals surface area contributed by atoms with Crippen molar-refractivity contribution in [3.8, 4) is 11.5 Å². The Balaban J connectivity index is 2.08. The van der Waals surface area contributed by atoms with Gasteiger partial charge in [-0.1, -0.05) is 29.3 Å². The van der Waals surface area contributed by atoms with E-state index in [-0.39, 0.29) is 5.54 Å². The van der Waals surface area contributed by atoms with E-state index in [1.165, 1.54) is 0 Å². The molecular weight excluding hydrogens is 359 g/mol. The van der Waals surface area contributed by atoms with E-state index < -0.39 is 0 Å². The molecule has 2 aromatic carbocycles. The van der Waals surface area contributed by atoms with Crippen molar-refractivity contribution < 1.29 is 9.47 Å². The second-order valence-corrected chi connectivity index (χ2v) is 7.40. The Labute approximate surface area is 158 Å². The maximum absolute atomic E-state index is 6.17. The van der Waals surface area contributed by atoms with Crippen LogP contribution in [0.25, 0.3) is 0 Å². The molecule has 0 amide bonds. The largest absolute Gasteiger partial charge is 0.493 e. The van der Waals surface area contributed by atoms with Gasteiger partial charge in [-0.05, 0) is 56.7 Å². The fraction of sp³-hybridized carbons (Fsp3) is 0.316. The minimum Gasteiger partial charge on any atom is -0.493 e. The van der Waals surface area contributed by atoms with Crippen LogP contribution in [-0.4, -0.2) is 18.9 Å². The Kier molecular flexibility index (Phi) is 6.57. The van der Waals surface area contributed by atoms with Crippen LogP contribution in [0.3, 0.4) is 0 Å². The third-order valence-electron chi connectivity index (χ3n) is 3.20. The van der Waals surface area contributed by atoms with E-state index in [0.29, 0.717) is 28.2 Å². The Morgan fingerprint density at radius 1 is 1.08 bits per heavy atom. The smallest absolute Gasteiger partial charge is 0.161 e. The van der Waals surface area contributed by atoms with E-state index >= 15 is 0 Å². The molecular formula is C19H22Cl2N2O2. The van der Waals surface area contributed by atoms with Gasteiger partial charge in [-0.3, -0.25) is 0 Å². The third kappa shape index (κ3) is 6.15. The van der Waals surface area contributed by atoms with Gasteiger partial charge in [-0.2, -0.15) is 5.10 Å². The summed E-state index contributed by atoms with van der Waals surface area (Å²) in [5.74, 6) is 1.26. The van der Waals surface area contributed by atoms with Crippen LogP contribution in [0.4, 0.5) is 0 Å². The normalized spacial score (nSPS) is 11.6. The number of nitrogens with one attached hydrogen (secondary N) is 1. The molecule has 0 radical (unpaired) electrons. The first-order valence-electron chi connectivity index (χ1n) is 7.83. The summed E-state index contributed by atoms with van der Waals surface area (Å²) in [6.45, 7) is 6.46. The van der Waals surface area contributed by atoms with Gasteiger partial charge in [0.1, 0.15) is 6.61 Å².